The summed E-state index contributed by atoms with van der Waals surface area (Å²) in [5.41, 5.74) is 0. The summed E-state index contributed by atoms with van der Waals surface area (Å²) in [6.45, 7) is 5.27. The number of ether oxygens (including phenoxy) is 1. The average Bonchev–Trinajstić information content (AvgIpc) is 1.86. The van der Waals surface area contributed by atoms with Crippen LogP contribution in [0.5, 0.6) is 0 Å². The minimum absolute atomic E-state index is 0. The normalized spacial score (nSPS) is 10.5. The van der Waals surface area contributed by atoms with Crippen LogP contribution in [0.1, 0.15) is 33.6 Å². The van der Waals surface area contributed by atoms with E-state index < -0.39 is 12.3 Å². The summed E-state index contributed by atoms with van der Waals surface area (Å²) < 4.78 is 4.73. The molecule has 0 spiro atoms. The van der Waals surface area contributed by atoms with Gasteiger partial charge < -0.3 is 14.9 Å². The maximum Gasteiger partial charge on any atom is 1.00 e. The Morgan fingerprint density at radius 1 is 1.62 bits per heavy atom. The molecule has 5 heteroatoms. The van der Waals surface area contributed by atoms with E-state index in [2.05, 4.69) is 6.92 Å². The third kappa shape index (κ3) is 46.0. The predicted molar refractivity (Wildman–Crippen MR) is 43.6 cm³/mol. The molecule has 0 aliphatic carbocycles. The van der Waals surface area contributed by atoms with Gasteiger partial charge in [0.15, 0.2) is 0 Å². The third-order valence-electron chi connectivity index (χ3n) is 0.850. The van der Waals surface area contributed by atoms with Gasteiger partial charge >= 0.3 is 29.6 Å². The number of carbonyl (C=O) groups is 1. The van der Waals surface area contributed by atoms with Crippen LogP contribution in [0.25, 0.3) is 0 Å². The second-order valence-corrected chi connectivity index (χ2v) is 2.31. The topological polar surface area (TPSA) is 69.6 Å². The van der Waals surface area contributed by atoms with Crippen molar-refractivity contribution >= 4 is 5.97 Å². The summed E-state index contributed by atoms with van der Waals surface area (Å²) in [6, 6.07) is 0. The van der Waals surface area contributed by atoms with Crippen LogP contribution in [0.4, 0.5) is 0 Å². The molecular weight excluding hydrogens is 183 g/mol. The van der Waals surface area contributed by atoms with Gasteiger partial charge in [0.25, 0.3) is 5.97 Å². The second kappa shape index (κ2) is 14.9. The molecule has 0 aliphatic rings. The summed E-state index contributed by atoms with van der Waals surface area (Å²) in [7, 11) is 0. The molecule has 0 heterocycles. The van der Waals surface area contributed by atoms with Gasteiger partial charge in [0.1, 0.15) is 0 Å². The minimum atomic E-state index is -0.846. The number of hydrogen-bond donors (Lipinski definition) is 1. The van der Waals surface area contributed by atoms with Crippen molar-refractivity contribution in [2.24, 2.45) is 0 Å². The molecule has 74 valence electrons. The Balaban J connectivity index is -0.000000173. The van der Waals surface area contributed by atoms with Gasteiger partial charge in [-0.1, -0.05) is 20.3 Å². The van der Waals surface area contributed by atoms with Crippen molar-refractivity contribution in [2.45, 2.75) is 39.9 Å². The zero-order chi connectivity index (χ0) is 9.98. The summed E-state index contributed by atoms with van der Waals surface area (Å²) in [6.07, 6.45) is 1.24. The Bertz CT molecular complexity index is 102. The molecule has 0 aromatic heterocycles. The molecule has 0 bridgehead atoms. The molecule has 0 aromatic rings. The third-order valence-corrected chi connectivity index (χ3v) is 0.850. The van der Waals surface area contributed by atoms with Gasteiger partial charge in [-0.15, -0.1) is 0 Å². The molecule has 0 rings (SSSR count). The molecule has 0 aromatic carbocycles. The van der Waals surface area contributed by atoms with Gasteiger partial charge in [0.05, 0.1) is 0 Å². The molecule has 0 amide bonds. The van der Waals surface area contributed by atoms with E-state index in [0.29, 0.717) is 6.61 Å². The molecule has 0 radical (unpaired) electrons. The molecule has 0 saturated heterocycles. The first-order chi connectivity index (χ1) is 5.50. The number of carboxylic acids is 1. The van der Waals surface area contributed by atoms with Gasteiger partial charge in [0.2, 0.25) is 0 Å². The van der Waals surface area contributed by atoms with Crippen molar-refractivity contribution < 1.29 is 49.3 Å². The quantitative estimate of drug-likeness (QED) is 0.312. The number of rotatable bonds is 4. The smallest absolute Gasteiger partial charge is 0.831 e. The van der Waals surface area contributed by atoms with Crippen LogP contribution in [-0.4, -0.2) is 24.0 Å². The van der Waals surface area contributed by atoms with Crippen LogP contribution < -0.4 is 34.7 Å². The molecule has 0 fully saturated rings. The minimum Gasteiger partial charge on any atom is -0.831 e. The maximum absolute atomic E-state index is 10.2. The zero-order valence-electron chi connectivity index (χ0n) is 8.87. The molecule has 13 heavy (non-hydrogen) atoms. The average molecular weight is 200 g/mol. The van der Waals surface area contributed by atoms with Crippen LogP contribution in [0, 0.1) is 0 Å². The fourth-order valence-corrected chi connectivity index (χ4v) is 0.394. The number of aliphatic carboxylic acids is 1. The fraction of sp³-hybridized carbons (Fsp3) is 0.875. The Hall–Kier alpha value is 0.390. The van der Waals surface area contributed by atoms with E-state index in [4.69, 9.17) is 14.6 Å². The summed E-state index contributed by atoms with van der Waals surface area (Å²) in [4.78, 5) is 9.00. The predicted octanol–water partition coefficient (Wildman–Crippen LogP) is -2.40. The number of unbranched alkanes of at least 4 members (excludes halogenated alkanes) is 1. The second-order valence-electron chi connectivity index (χ2n) is 2.31. The van der Waals surface area contributed by atoms with E-state index in [9.17, 15) is 5.11 Å². The molecule has 1 N–H and O–H groups in total. The Kier molecular flexibility index (Phi) is 21.8. The van der Waals surface area contributed by atoms with Gasteiger partial charge in [-0.3, -0.25) is 4.79 Å². The van der Waals surface area contributed by atoms with E-state index in [1.54, 1.807) is 0 Å². The molecular formula is C8H17NaO4. The standard InChI is InChI=1S/C6H13O2.C2H4O2.Na/c1-3-4-5-8-6(2)7;1-2(3)4;/h6H,3-5H2,1-2H3;1H3,(H,3,4);/q-1;;+1. The van der Waals surface area contributed by atoms with Gasteiger partial charge in [-0.25, -0.2) is 0 Å². The van der Waals surface area contributed by atoms with Crippen LogP contribution in [-0.2, 0) is 9.53 Å². The van der Waals surface area contributed by atoms with Crippen LogP contribution in [0.2, 0.25) is 0 Å². The number of carboxylic acid groups (broad SMARTS) is 1. The van der Waals surface area contributed by atoms with Crippen molar-refractivity contribution in [2.75, 3.05) is 6.61 Å². The van der Waals surface area contributed by atoms with E-state index in [0.717, 1.165) is 19.8 Å². The fourth-order valence-electron chi connectivity index (χ4n) is 0.394. The Morgan fingerprint density at radius 3 is 2.23 bits per heavy atom. The van der Waals surface area contributed by atoms with Crippen molar-refractivity contribution in [3.05, 3.63) is 0 Å². The first-order valence-electron chi connectivity index (χ1n) is 3.97. The molecule has 1 unspecified atom stereocenters. The van der Waals surface area contributed by atoms with E-state index in [1.165, 1.54) is 6.92 Å². The van der Waals surface area contributed by atoms with E-state index >= 15 is 0 Å². The molecule has 4 nitrogen and oxygen atoms in total. The van der Waals surface area contributed by atoms with Gasteiger partial charge in [-0.05, 0) is 12.7 Å². The van der Waals surface area contributed by atoms with Crippen molar-refractivity contribution in [3.8, 4) is 0 Å². The first-order valence-corrected chi connectivity index (χ1v) is 3.97. The Labute approximate surface area is 102 Å². The van der Waals surface area contributed by atoms with Crippen molar-refractivity contribution in [1.82, 2.24) is 0 Å². The van der Waals surface area contributed by atoms with Crippen molar-refractivity contribution in [1.29, 1.82) is 0 Å². The van der Waals surface area contributed by atoms with E-state index in [-0.39, 0.29) is 29.6 Å². The van der Waals surface area contributed by atoms with Gasteiger partial charge in [0, 0.05) is 13.5 Å². The maximum atomic E-state index is 10.2. The molecule has 1 atom stereocenters. The Morgan fingerprint density at radius 2 is 2.00 bits per heavy atom. The van der Waals surface area contributed by atoms with Crippen molar-refractivity contribution in [3.63, 3.8) is 0 Å². The zero-order valence-corrected chi connectivity index (χ0v) is 10.9. The monoisotopic (exact) mass is 200 g/mol. The van der Waals surface area contributed by atoms with Crippen LogP contribution in [0.15, 0.2) is 0 Å². The SMILES string of the molecule is CC(=O)O.CCCCOC(C)[O-].[Na+]. The van der Waals surface area contributed by atoms with Crippen LogP contribution in [0.3, 0.4) is 0 Å². The van der Waals surface area contributed by atoms with Gasteiger partial charge in [-0.2, -0.15) is 0 Å². The molecule has 0 aliphatic heterocycles. The summed E-state index contributed by atoms with van der Waals surface area (Å²) in [5, 5.41) is 17.6. The largest absolute Gasteiger partial charge is 1.00 e. The van der Waals surface area contributed by atoms with E-state index in [1.807, 2.05) is 0 Å². The first kappa shape index (κ1) is 19.0. The summed E-state index contributed by atoms with van der Waals surface area (Å²) in [5.74, 6) is -0.833. The summed E-state index contributed by atoms with van der Waals surface area (Å²) >= 11 is 0. The molecule has 0 saturated carbocycles. The number of hydrogen-bond acceptors (Lipinski definition) is 3. The van der Waals surface area contributed by atoms with Crippen LogP contribution >= 0.6 is 0 Å².